The number of thiazole rings is 1. The molecule has 1 amide bonds. The number of amides is 1. The fraction of sp³-hybridized carbons (Fsp3) is 0.167. The summed E-state index contributed by atoms with van der Waals surface area (Å²) in [4.78, 5) is 15.7. The van der Waals surface area contributed by atoms with Crippen molar-refractivity contribution in [3.8, 4) is 17.0 Å². The van der Waals surface area contributed by atoms with E-state index in [0.717, 1.165) is 16.3 Å². The van der Waals surface area contributed by atoms with E-state index >= 15 is 0 Å². The highest BCUT2D eigenvalue weighted by Crippen LogP contribution is 2.32. The van der Waals surface area contributed by atoms with E-state index in [1.807, 2.05) is 23.6 Å². The molecule has 0 aliphatic carbocycles. The van der Waals surface area contributed by atoms with E-state index in [9.17, 15) is 4.79 Å². The van der Waals surface area contributed by atoms with Crippen LogP contribution in [-0.4, -0.2) is 17.5 Å². The molecule has 0 bridgehead atoms. The van der Waals surface area contributed by atoms with Gasteiger partial charge in [-0.1, -0.05) is 0 Å². The molecule has 0 saturated carbocycles. The SMILES string of the molecule is NCc1nc(-c2ccc3c(c2)NC(=O)CO3)cs1. The Kier molecular flexibility index (Phi) is 2.73. The van der Waals surface area contributed by atoms with E-state index in [2.05, 4.69) is 10.3 Å². The van der Waals surface area contributed by atoms with E-state index in [-0.39, 0.29) is 12.5 Å². The van der Waals surface area contributed by atoms with Gasteiger partial charge >= 0.3 is 0 Å². The Labute approximate surface area is 108 Å². The first-order valence-electron chi connectivity index (χ1n) is 5.48. The second-order valence-corrected chi connectivity index (χ2v) is 4.82. The van der Waals surface area contributed by atoms with Crippen LogP contribution < -0.4 is 15.8 Å². The van der Waals surface area contributed by atoms with E-state index in [1.165, 1.54) is 11.3 Å². The molecule has 1 aromatic heterocycles. The third-order valence-corrected chi connectivity index (χ3v) is 3.51. The summed E-state index contributed by atoms with van der Waals surface area (Å²) in [7, 11) is 0. The van der Waals surface area contributed by atoms with Gasteiger partial charge in [0.25, 0.3) is 5.91 Å². The molecule has 18 heavy (non-hydrogen) atoms. The van der Waals surface area contributed by atoms with Crippen LogP contribution in [0.25, 0.3) is 11.3 Å². The fourth-order valence-corrected chi connectivity index (χ4v) is 2.46. The molecule has 6 heteroatoms. The summed E-state index contributed by atoms with van der Waals surface area (Å²) < 4.78 is 5.30. The topological polar surface area (TPSA) is 77.2 Å². The number of rotatable bonds is 2. The minimum absolute atomic E-state index is 0.0698. The third-order valence-electron chi connectivity index (χ3n) is 2.63. The van der Waals surface area contributed by atoms with Crippen LogP contribution in [0.1, 0.15) is 5.01 Å². The Morgan fingerprint density at radius 3 is 3.17 bits per heavy atom. The third kappa shape index (κ3) is 1.96. The summed E-state index contributed by atoms with van der Waals surface area (Å²) in [5, 5.41) is 5.62. The number of ether oxygens (including phenoxy) is 1. The van der Waals surface area contributed by atoms with Crippen LogP contribution in [0.15, 0.2) is 23.6 Å². The molecule has 1 aromatic carbocycles. The molecule has 0 atom stereocenters. The van der Waals surface area contributed by atoms with Gasteiger partial charge < -0.3 is 15.8 Å². The van der Waals surface area contributed by atoms with E-state index in [4.69, 9.17) is 10.5 Å². The smallest absolute Gasteiger partial charge is 0.262 e. The van der Waals surface area contributed by atoms with E-state index in [0.29, 0.717) is 18.0 Å². The maximum Gasteiger partial charge on any atom is 0.262 e. The van der Waals surface area contributed by atoms with Gasteiger partial charge in [-0.2, -0.15) is 0 Å². The first-order valence-corrected chi connectivity index (χ1v) is 6.36. The maximum atomic E-state index is 11.3. The minimum Gasteiger partial charge on any atom is -0.482 e. The zero-order chi connectivity index (χ0) is 12.5. The van der Waals surface area contributed by atoms with Crippen molar-refractivity contribution in [2.75, 3.05) is 11.9 Å². The van der Waals surface area contributed by atoms with Crippen LogP contribution in [0.3, 0.4) is 0 Å². The summed E-state index contributed by atoms with van der Waals surface area (Å²) in [6.45, 7) is 0.510. The average molecular weight is 261 g/mol. The normalized spacial score (nSPS) is 13.7. The van der Waals surface area contributed by atoms with Crippen molar-refractivity contribution in [1.82, 2.24) is 4.98 Å². The number of carbonyl (C=O) groups is 1. The molecule has 2 heterocycles. The molecule has 3 rings (SSSR count). The first-order chi connectivity index (χ1) is 8.76. The average Bonchev–Trinajstić information content (AvgIpc) is 2.86. The lowest BCUT2D eigenvalue weighted by Crippen LogP contribution is -2.25. The van der Waals surface area contributed by atoms with Crippen molar-refractivity contribution < 1.29 is 9.53 Å². The van der Waals surface area contributed by atoms with Crippen LogP contribution in [0, 0.1) is 0 Å². The number of hydrogen-bond donors (Lipinski definition) is 2. The van der Waals surface area contributed by atoms with Crippen LogP contribution in [0.4, 0.5) is 5.69 Å². The molecule has 92 valence electrons. The Morgan fingerprint density at radius 2 is 2.39 bits per heavy atom. The molecule has 0 spiro atoms. The summed E-state index contributed by atoms with van der Waals surface area (Å²) >= 11 is 1.53. The van der Waals surface area contributed by atoms with Crippen LogP contribution in [0.5, 0.6) is 5.75 Å². The lowest BCUT2D eigenvalue weighted by atomic mass is 10.1. The number of nitrogens with zero attached hydrogens (tertiary/aromatic N) is 1. The monoisotopic (exact) mass is 261 g/mol. The first kappa shape index (κ1) is 11.2. The Balaban J connectivity index is 1.98. The predicted octanol–water partition coefficient (Wildman–Crippen LogP) is 1.60. The quantitative estimate of drug-likeness (QED) is 0.860. The lowest BCUT2D eigenvalue weighted by molar-refractivity contribution is -0.118. The highest BCUT2D eigenvalue weighted by molar-refractivity contribution is 7.09. The van der Waals surface area contributed by atoms with Crippen molar-refractivity contribution >= 4 is 22.9 Å². The van der Waals surface area contributed by atoms with Gasteiger partial charge in [0.05, 0.1) is 11.4 Å². The van der Waals surface area contributed by atoms with Crippen LogP contribution in [-0.2, 0) is 11.3 Å². The molecule has 0 unspecified atom stereocenters. The highest BCUT2D eigenvalue weighted by Gasteiger charge is 2.16. The van der Waals surface area contributed by atoms with Gasteiger partial charge in [-0.3, -0.25) is 4.79 Å². The van der Waals surface area contributed by atoms with Gasteiger partial charge in [0.2, 0.25) is 0 Å². The Morgan fingerprint density at radius 1 is 1.50 bits per heavy atom. The minimum atomic E-state index is -0.138. The summed E-state index contributed by atoms with van der Waals surface area (Å²) in [6, 6.07) is 5.62. The number of carbonyl (C=O) groups excluding carboxylic acids is 1. The van der Waals surface area contributed by atoms with Crippen molar-refractivity contribution in [2.45, 2.75) is 6.54 Å². The van der Waals surface area contributed by atoms with Crippen molar-refractivity contribution in [2.24, 2.45) is 5.73 Å². The number of nitrogens with two attached hydrogens (primary N) is 1. The van der Waals surface area contributed by atoms with Gasteiger partial charge in [0, 0.05) is 17.5 Å². The fourth-order valence-electron chi connectivity index (χ4n) is 1.78. The predicted molar refractivity (Wildman–Crippen MR) is 69.6 cm³/mol. The van der Waals surface area contributed by atoms with Gasteiger partial charge in [-0.05, 0) is 18.2 Å². The molecule has 1 aliphatic rings. The van der Waals surface area contributed by atoms with Gasteiger partial charge in [-0.25, -0.2) is 4.98 Å². The summed E-state index contributed by atoms with van der Waals surface area (Å²) in [5.41, 5.74) is 8.03. The number of aromatic nitrogens is 1. The molecular weight excluding hydrogens is 250 g/mol. The Bertz CT molecular complexity index is 609. The molecule has 1 aliphatic heterocycles. The molecular formula is C12H11N3O2S. The number of hydrogen-bond acceptors (Lipinski definition) is 5. The number of fused-ring (bicyclic) bond motifs is 1. The summed E-state index contributed by atoms with van der Waals surface area (Å²) in [6.07, 6.45) is 0. The standard InChI is InChI=1S/C12H11N3O2S/c13-4-12-15-9(6-18-12)7-1-2-10-8(3-7)14-11(16)5-17-10/h1-3,6H,4-5,13H2,(H,14,16). The molecule has 0 saturated heterocycles. The largest absolute Gasteiger partial charge is 0.482 e. The van der Waals surface area contributed by atoms with Gasteiger partial charge in [0.1, 0.15) is 10.8 Å². The van der Waals surface area contributed by atoms with E-state index < -0.39 is 0 Å². The van der Waals surface area contributed by atoms with Crippen molar-refractivity contribution in [1.29, 1.82) is 0 Å². The second-order valence-electron chi connectivity index (χ2n) is 3.88. The highest BCUT2D eigenvalue weighted by atomic mass is 32.1. The van der Waals surface area contributed by atoms with Crippen molar-refractivity contribution in [3.63, 3.8) is 0 Å². The maximum absolute atomic E-state index is 11.3. The second kappa shape index (κ2) is 4.40. The zero-order valence-electron chi connectivity index (χ0n) is 9.47. The van der Waals surface area contributed by atoms with Crippen molar-refractivity contribution in [3.05, 3.63) is 28.6 Å². The summed E-state index contributed by atoms with van der Waals surface area (Å²) in [5.74, 6) is 0.549. The molecule has 3 N–H and O–H groups in total. The molecule has 2 aromatic rings. The number of anilines is 1. The number of benzene rings is 1. The molecule has 0 radical (unpaired) electrons. The lowest BCUT2D eigenvalue weighted by Gasteiger charge is -2.18. The zero-order valence-corrected chi connectivity index (χ0v) is 10.3. The van der Waals surface area contributed by atoms with Gasteiger partial charge in [-0.15, -0.1) is 11.3 Å². The van der Waals surface area contributed by atoms with Gasteiger partial charge in [0.15, 0.2) is 6.61 Å². The van der Waals surface area contributed by atoms with E-state index in [1.54, 1.807) is 0 Å². The van der Waals surface area contributed by atoms with Crippen LogP contribution >= 0.6 is 11.3 Å². The Hall–Kier alpha value is -1.92. The number of nitrogens with one attached hydrogen (secondary N) is 1. The molecule has 5 nitrogen and oxygen atoms in total. The van der Waals surface area contributed by atoms with Crippen LogP contribution in [0.2, 0.25) is 0 Å². The molecule has 0 fully saturated rings.